The molecule has 1 aliphatic heterocycles. The molecule has 0 spiro atoms. The van der Waals surface area contributed by atoms with Crippen LogP contribution in [0.1, 0.15) is 27.3 Å². The molecule has 5 heterocycles. The number of furan rings is 1. The summed E-state index contributed by atoms with van der Waals surface area (Å²) < 4.78 is 11.2. The normalized spacial score (nSPS) is 19.8. The van der Waals surface area contributed by atoms with Crippen LogP contribution in [0.5, 0.6) is 0 Å². The van der Waals surface area contributed by atoms with Crippen LogP contribution in [-0.2, 0) is 13.0 Å². The van der Waals surface area contributed by atoms with Crippen LogP contribution < -0.4 is 4.90 Å². The molecular weight excluding hydrogens is 354 g/mol. The summed E-state index contributed by atoms with van der Waals surface area (Å²) in [4.78, 5) is 4.34. The average Bonchev–Trinajstić information content (AvgIpc) is 3.39. The Hall–Kier alpha value is -2.22. The minimum atomic E-state index is 0.342. The highest BCUT2D eigenvalue weighted by atomic mass is 32.1. The van der Waals surface area contributed by atoms with Gasteiger partial charge in [-0.3, -0.25) is 0 Å². The van der Waals surface area contributed by atoms with E-state index in [1.807, 2.05) is 34.8 Å². The highest BCUT2D eigenvalue weighted by Gasteiger charge is 2.35. The minimum Gasteiger partial charge on any atom is -0.459 e. The van der Waals surface area contributed by atoms with Crippen LogP contribution in [0, 0.1) is 0 Å². The number of aromatic nitrogens is 2. The van der Waals surface area contributed by atoms with Crippen molar-refractivity contribution in [3.8, 4) is 11.7 Å². The summed E-state index contributed by atoms with van der Waals surface area (Å²) in [6, 6.07) is 10.6. The van der Waals surface area contributed by atoms with Gasteiger partial charge in [0.1, 0.15) is 6.04 Å². The van der Waals surface area contributed by atoms with Gasteiger partial charge >= 0.3 is 0 Å². The number of thiophene rings is 2. The topological polar surface area (TPSA) is 56.5 Å². The fourth-order valence-corrected chi connectivity index (χ4v) is 5.29. The standard InChI is InChI=1S/C18H15N3O2S2/c1-3-13(22-8-1)18-20-19-16(23-18)11-21-7-5-14-12(6-10-25-14)17(21)15-4-2-9-24-15/h1-4,6,8-10,17H,5,7,11H2/p+1/t17-/m1/s1. The quantitative estimate of drug-likeness (QED) is 0.599. The molecule has 1 aliphatic rings. The maximum atomic E-state index is 5.84. The van der Waals surface area contributed by atoms with Gasteiger partial charge in [0.2, 0.25) is 0 Å². The second-order valence-electron chi connectivity index (χ2n) is 6.06. The maximum Gasteiger partial charge on any atom is 0.283 e. The van der Waals surface area contributed by atoms with Gasteiger partial charge in [-0.15, -0.1) is 32.9 Å². The summed E-state index contributed by atoms with van der Waals surface area (Å²) >= 11 is 3.68. The lowest BCUT2D eigenvalue weighted by atomic mass is 9.98. The molecule has 1 N–H and O–H groups in total. The second-order valence-corrected chi connectivity index (χ2v) is 8.04. The number of nitrogens with one attached hydrogen (secondary N) is 1. The lowest BCUT2D eigenvalue weighted by Crippen LogP contribution is -3.12. The molecule has 126 valence electrons. The molecule has 25 heavy (non-hydrogen) atoms. The Morgan fingerprint density at radius 3 is 2.96 bits per heavy atom. The van der Waals surface area contributed by atoms with Crippen molar-refractivity contribution in [3.63, 3.8) is 0 Å². The molecule has 0 saturated heterocycles. The molecule has 0 aliphatic carbocycles. The smallest absolute Gasteiger partial charge is 0.283 e. The first kappa shape index (κ1) is 15.1. The zero-order valence-electron chi connectivity index (χ0n) is 13.3. The second kappa shape index (κ2) is 6.25. The summed E-state index contributed by atoms with van der Waals surface area (Å²) in [7, 11) is 0. The molecule has 7 heteroatoms. The molecule has 0 bridgehead atoms. The first-order valence-corrected chi connectivity index (χ1v) is 9.95. The van der Waals surface area contributed by atoms with E-state index in [1.54, 1.807) is 6.26 Å². The highest BCUT2D eigenvalue weighted by molar-refractivity contribution is 7.10. The third kappa shape index (κ3) is 2.74. The monoisotopic (exact) mass is 370 g/mol. The molecule has 0 amide bonds. The van der Waals surface area contributed by atoms with Crippen molar-refractivity contribution >= 4 is 22.7 Å². The maximum absolute atomic E-state index is 5.84. The Labute approximate surface area is 152 Å². The summed E-state index contributed by atoms with van der Waals surface area (Å²) in [6.45, 7) is 1.78. The largest absolute Gasteiger partial charge is 0.459 e. The highest BCUT2D eigenvalue weighted by Crippen LogP contribution is 2.32. The van der Waals surface area contributed by atoms with Crippen molar-refractivity contribution in [2.45, 2.75) is 19.0 Å². The van der Waals surface area contributed by atoms with Gasteiger partial charge in [-0.05, 0) is 35.0 Å². The van der Waals surface area contributed by atoms with Gasteiger partial charge in [0.25, 0.3) is 11.8 Å². The fourth-order valence-electron chi connectivity index (χ4n) is 3.47. The zero-order chi connectivity index (χ0) is 16.6. The van der Waals surface area contributed by atoms with E-state index in [1.165, 1.54) is 20.2 Å². The number of hydrogen-bond donors (Lipinski definition) is 1. The summed E-state index contributed by atoms with van der Waals surface area (Å²) in [5, 5.41) is 12.7. The van der Waals surface area contributed by atoms with Gasteiger partial charge in [-0.2, -0.15) is 0 Å². The fraction of sp³-hybridized carbons (Fsp3) is 0.222. The van der Waals surface area contributed by atoms with E-state index < -0.39 is 0 Å². The number of quaternary nitrogens is 1. The van der Waals surface area contributed by atoms with Gasteiger partial charge in [-0.25, -0.2) is 0 Å². The van der Waals surface area contributed by atoms with E-state index in [0.29, 0.717) is 30.1 Å². The van der Waals surface area contributed by atoms with Gasteiger partial charge in [0, 0.05) is 16.9 Å². The molecule has 0 radical (unpaired) electrons. The Morgan fingerprint density at radius 2 is 2.12 bits per heavy atom. The Morgan fingerprint density at radius 1 is 1.12 bits per heavy atom. The Bertz CT molecular complexity index is 956. The van der Waals surface area contributed by atoms with Crippen LogP contribution in [0.25, 0.3) is 11.7 Å². The van der Waals surface area contributed by atoms with Crippen LogP contribution in [-0.4, -0.2) is 16.7 Å². The molecular formula is C18H16N3O2S2+. The molecule has 0 saturated carbocycles. The molecule has 2 atom stereocenters. The molecule has 0 fully saturated rings. The molecule has 4 aromatic rings. The van der Waals surface area contributed by atoms with E-state index >= 15 is 0 Å². The number of hydrogen-bond acceptors (Lipinski definition) is 6. The van der Waals surface area contributed by atoms with Gasteiger partial charge < -0.3 is 13.7 Å². The van der Waals surface area contributed by atoms with Crippen LogP contribution in [0.3, 0.4) is 0 Å². The van der Waals surface area contributed by atoms with Gasteiger partial charge in [0.05, 0.1) is 17.7 Å². The molecule has 5 nitrogen and oxygen atoms in total. The minimum absolute atomic E-state index is 0.342. The van der Waals surface area contributed by atoms with E-state index in [9.17, 15) is 0 Å². The Kier molecular flexibility index (Phi) is 3.77. The predicted octanol–water partition coefficient (Wildman–Crippen LogP) is 3.18. The molecule has 0 aromatic carbocycles. The van der Waals surface area contributed by atoms with Gasteiger partial charge in [-0.1, -0.05) is 6.07 Å². The number of fused-ring (bicyclic) bond motifs is 1. The van der Waals surface area contributed by atoms with Crippen molar-refractivity contribution in [1.82, 2.24) is 10.2 Å². The first-order valence-electron chi connectivity index (χ1n) is 8.19. The summed E-state index contributed by atoms with van der Waals surface area (Å²) in [5.74, 6) is 1.71. The van der Waals surface area contributed by atoms with E-state index in [-0.39, 0.29) is 0 Å². The molecule has 4 aromatic heterocycles. The summed E-state index contributed by atoms with van der Waals surface area (Å²) in [6.07, 6.45) is 2.71. The Balaban J connectivity index is 1.45. The lowest BCUT2D eigenvalue weighted by Gasteiger charge is -2.31. The zero-order valence-corrected chi connectivity index (χ0v) is 15.0. The van der Waals surface area contributed by atoms with Crippen molar-refractivity contribution in [1.29, 1.82) is 0 Å². The molecule has 1 unspecified atom stereocenters. The van der Waals surface area contributed by atoms with Crippen molar-refractivity contribution in [2.75, 3.05) is 6.54 Å². The third-order valence-corrected chi connectivity index (χ3v) is 6.51. The summed E-state index contributed by atoms with van der Waals surface area (Å²) in [5.41, 5.74) is 1.44. The van der Waals surface area contributed by atoms with E-state index in [2.05, 4.69) is 39.2 Å². The van der Waals surface area contributed by atoms with Gasteiger partial charge in [0.15, 0.2) is 12.3 Å². The van der Waals surface area contributed by atoms with Crippen molar-refractivity contribution < 1.29 is 13.7 Å². The van der Waals surface area contributed by atoms with Crippen molar-refractivity contribution in [2.24, 2.45) is 0 Å². The van der Waals surface area contributed by atoms with Crippen LogP contribution in [0.4, 0.5) is 0 Å². The van der Waals surface area contributed by atoms with Crippen LogP contribution in [0.2, 0.25) is 0 Å². The average molecular weight is 370 g/mol. The SMILES string of the molecule is c1coc(-c2nnc(C[NH+]3CCc4sccc4[C@@H]3c3cccs3)o2)c1. The van der Waals surface area contributed by atoms with Crippen LogP contribution >= 0.6 is 22.7 Å². The van der Waals surface area contributed by atoms with Crippen molar-refractivity contribution in [3.05, 3.63) is 68.6 Å². The van der Waals surface area contributed by atoms with E-state index in [4.69, 9.17) is 8.83 Å². The van der Waals surface area contributed by atoms with E-state index in [0.717, 1.165) is 13.0 Å². The molecule has 5 rings (SSSR count). The number of nitrogens with zero attached hydrogens (tertiary/aromatic N) is 2. The number of rotatable bonds is 4. The predicted molar refractivity (Wildman–Crippen MR) is 95.7 cm³/mol. The third-order valence-electron chi connectivity index (χ3n) is 4.58. The lowest BCUT2D eigenvalue weighted by molar-refractivity contribution is -0.942. The first-order chi connectivity index (χ1) is 12.4. The van der Waals surface area contributed by atoms with Crippen LogP contribution in [0.15, 0.2) is 56.2 Å².